The minimum Gasteiger partial charge on any atom is -0.618 e. The van der Waals surface area contributed by atoms with Gasteiger partial charge in [0.2, 0.25) is 5.69 Å². The first kappa shape index (κ1) is 16.6. The van der Waals surface area contributed by atoms with E-state index in [0.29, 0.717) is 25.4 Å². The average molecular weight is 352 g/mol. The molecule has 2 aromatic rings. The van der Waals surface area contributed by atoms with Crippen LogP contribution in [0.5, 0.6) is 0 Å². The van der Waals surface area contributed by atoms with Gasteiger partial charge < -0.3 is 20.0 Å². The zero-order chi connectivity index (χ0) is 18.1. The van der Waals surface area contributed by atoms with Crippen LogP contribution in [0.4, 0.5) is 10.5 Å². The SMILES string of the molecule is O=C(O)N1CCCC1c1ccc(/C=[N+](\[O-])c2cccc3c2COC3)cc1. The molecule has 4 rings (SSSR count). The standard InChI is InChI=1S/C20H20N2O4/c23-20(24)21-10-2-5-18(21)15-8-6-14(7-9-15)11-22(25)19-4-1-3-16-12-26-13-17(16)19/h1,3-4,6-9,11,18H,2,5,10,12-13H2,(H,23,24)/b22-11-. The van der Waals surface area contributed by atoms with E-state index in [1.165, 1.54) is 4.90 Å². The second-order valence-electron chi connectivity index (χ2n) is 6.66. The lowest BCUT2D eigenvalue weighted by Gasteiger charge is -2.21. The number of benzene rings is 2. The summed E-state index contributed by atoms with van der Waals surface area (Å²) in [5.41, 5.74) is 4.35. The minimum atomic E-state index is -0.881. The summed E-state index contributed by atoms with van der Waals surface area (Å²) in [6, 6.07) is 13.1. The summed E-state index contributed by atoms with van der Waals surface area (Å²) < 4.78 is 6.30. The van der Waals surface area contributed by atoms with Crippen molar-refractivity contribution in [3.05, 3.63) is 69.9 Å². The summed E-state index contributed by atoms with van der Waals surface area (Å²) in [6.07, 6.45) is 2.37. The van der Waals surface area contributed by atoms with E-state index < -0.39 is 6.09 Å². The Kier molecular flexibility index (Phi) is 4.34. The molecule has 0 bridgehead atoms. The third kappa shape index (κ3) is 3.04. The fraction of sp³-hybridized carbons (Fsp3) is 0.300. The lowest BCUT2D eigenvalue weighted by molar-refractivity contribution is -0.355. The van der Waals surface area contributed by atoms with E-state index in [9.17, 15) is 15.1 Å². The maximum atomic E-state index is 12.6. The van der Waals surface area contributed by atoms with Crippen LogP contribution in [0.1, 0.15) is 41.1 Å². The Morgan fingerprint density at radius 3 is 2.81 bits per heavy atom. The Hall–Kier alpha value is -2.86. The van der Waals surface area contributed by atoms with Crippen molar-refractivity contribution in [3.63, 3.8) is 0 Å². The molecule has 134 valence electrons. The molecule has 0 spiro atoms. The van der Waals surface area contributed by atoms with Gasteiger partial charge in [-0.25, -0.2) is 4.79 Å². The molecule has 6 nitrogen and oxygen atoms in total. The molecule has 0 saturated carbocycles. The molecule has 0 aromatic heterocycles. The van der Waals surface area contributed by atoms with Gasteiger partial charge >= 0.3 is 6.09 Å². The van der Waals surface area contributed by atoms with Crippen molar-refractivity contribution >= 4 is 18.0 Å². The van der Waals surface area contributed by atoms with E-state index in [-0.39, 0.29) is 6.04 Å². The first-order valence-corrected chi connectivity index (χ1v) is 8.73. The fourth-order valence-corrected chi connectivity index (χ4v) is 3.74. The van der Waals surface area contributed by atoms with E-state index in [1.54, 1.807) is 12.3 Å². The molecule has 1 amide bonds. The number of hydrogen-bond donors (Lipinski definition) is 1. The smallest absolute Gasteiger partial charge is 0.407 e. The topological polar surface area (TPSA) is 75.8 Å². The van der Waals surface area contributed by atoms with Crippen molar-refractivity contribution in [2.75, 3.05) is 6.54 Å². The molecular weight excluding hydrogens is 332 g/mol. The molecule has 6 heteroatoms. The van der Waals surface area contributed by atoms with Gasteiger partial charge in [0.05, 0.1) is 24.8 Å². The van der Waals surface area contributed by atoms with E-state index in [4.69, 9.17) is 4.74 Å². The maximum absolute atomic E-state index is 12.6. The average Bonchev–Trinajstić information content (AvgIpc) is 3.31. The van der Waals surface area contributed by atoms with Gasteiger partial charge in [-0.2, -0.15) is 4.74 Å². The van der Waals surface area contributed by atoms with E-state index in [2.05, 4.69) is 0 Å². The molecule has 2 heterocycles. The fourth-order valence-electron chi connectivity index (χ4n) is 3.74. The van der Waals surface area contributed by atoms with Gasteiger partial charge in [-0.15, -0.1) is 0 Å². The van der Waals surface area contributed by atoms with Crippen LogP contribution in [-0.4, -0.2) is 33.6 Å². The van der Waals surface area contributed by atoms with E-state index >= 15 is 0 Å². The Balaban J connectivity index is 1.57. The van der Waals surface area contributed by atoms with Gasteiger partial charge in [0, 0.05) is 18.2 Å². The van der Waals surface area contributed by atoms with Crippen LogP contribution in [-0.2, 0) is 18.0 Å². The van der Waals surface area contributed by atoms with E-state index in [1.807, 2.05) is 36.4 Å². The quantitative estimate of drug-likeness (QED) is 0.395. The first-order chi connectivity index (χ1) is 12.6. The molecule has 1 unspecified atom stereocenters. The monoisotopic (exact) mass is 352 g/mol. The highest BCUT2D eigenvalue weighted by atomic mass is 16.5. The molecule has 2 aliphatic rings. The predicted octanol–water partition coefficient (Wildman–Crippen LogP) is 3.79. The Morgan fingerprint density at radius 1 is 1.23 bits per heavy atom. The van der Waals surface area contributed by atoms with Gasteiger partial charge in [-0.1, -0.05) is 24.3 Å². The molecule has 1 atom stereocenters. The number of nitrogens with zero attached hydrogens (tertiary/aromatic N) is 2. The van der Waals surface area contributed by atoms with Crippen LogP contribution in [0.25, 0.3) is 0 Å². The van der Waals surface area contributed by atoms with Gasteiger partial charge in [-0.05, 0) is 36.1 Å². The molecule has 0 aliphatic carbocycles. The second-order valence-corrected chi connectivity index (χ2v) is 6.66. The molecule has 1 saturated heterocycles. The summed E-state index contributed by atoms with van der Waals surface area (Å²) in [5, 5.41) is 21.9. The van der Waals surface area contributed by atoms with Crippen molar-refractivity contribution in [1.29, 1.82) is 0 Å². The summed E-state index contributed by atoms with van der Waals surface area (Å²) >= 11 is 0. The number of amides is 1. The molecular formula is C20H20N2O4. The van der Waals surface area contributed by atoms with Crippen LogP contribution >= 0.6 is 0 Å². The van der Waals surface area contributed by atoms with Crippen molar-refractivity contribution in [3.8, 4) is 0 Å². The second kappa shape index (κ2) is 6.80. The number of likely N-dealkylation sites (tertiary alicyclic amines) is 1. The van der Waals surface area contributed by atoms with Gasteiger partial charge in [-0.3, -0.25) is 0 Å². The zero-order valence-corrected chi connectivity index (χ0v) is 14.3. The van der Waals surface area contributed by atoms with Crippen LogP contribution in [0.3, 0.4) is 0 Å². The molecule has 2 aliphatic heterocycles. The van der Waals surface area contributed by atoms with Crippen LogP contribution in [0.15, 0.2) is 42.5 Å². The van der Waals surface area contributed by atoms with Crippen LogP contribution in [0.2, 0.25) is 0 Å². The Bertz CT molecular complexity index is 861. The summed E-state index contributed by atoms with van der Waals surface area (Å²) in [4.78, 5) is 12.8. The number of ether oxygens (including phenoxy) is 1. The minimum absolute atomic E-state index is 0.0977. The highest BCUT2D eigenvalue weighted by Crippen LogP contribution is 2.32. The molecule has 1 N–H and O–H groups in total. The van der Waals surface area contributed by atoms with Gasteiger partial charge in [0.25, 0.3) is 0 Å². The number of fused-ring (bicyclic) bond motifs is 1. The zero-order valence-electron chi connectivity index (χ0n) is 14.3. The first-order valence-electron chi connectivity index (χ1n) is 8.73. The number of hydrogen-bond acceptors (Lipinski definition) is 3. The number of carboxylic acid groups (broad SMARTS) is 1. The molecule has 26 heavy (non-hydrogen) atoms. The normalized spacial score (nSPS) is 19.6. The number of carbonyl (C=O) groups is 1. The Morgan fingerprint density at radius 2 is 2.04 bits per heavy atom. The Labute approximate surface area is 151 Å². The summed E-state index contributed by atoms with van der Waals surface area (Å²) in [6.45, 7) is 1.58. The van der Waals surface area contributed by atoms with Crippen molar-refractivity contribution in [2.45, 2.75) is 32.1 Å². The highest BCUT2D eigenvalue weighted by Gasteiger charge is 2.29. The van der Waals surface area contributed by atoms with Gasteiger partial charge in [0.15, 0.2) is 6.21 Å². The van der Waals surface area contributed by atoms with Crippen molar-refractivity contribution in [1.82, 2.24) is 4.90 Å². The van der Waals surface area contributed by atoms with E-state index in [0.717, 1.165) is 39.8 Å². The third-order valence-electron chi connectivity index (χ3n) is 5.08. The summed E-state index contributed by atoms with van der Waals surface area (Å²) in [7, 11) is 0. The molecule has 0 radical (unpaired) electrons. The van der Waals surface area contributed by atoms with Crippen molar-refractivity contribution < 1.29 is 19.4 Å². The molecule has 1 fully saturated rings. The lowest BCUT2D eigenvalue weighted by Crippen LogP contribution is -2.28. The summed E-state index contributed by atoms with van der Waals surface area (Å²) in [5.74, 6) is 0. The highest BCUT2D eigenvalue weighted by molar-refractivity contribution is 5.77. The molecule has 2 aromatic carbocycles. The predicted molar refractivity (Wildman–Crippen MR) is 96.5 cm³/mol. The maximum Gasteiger partial charge on any atom is 0.407 e. The third-order valence-corrected chi connectivity index (χ3v) is 5.08. The van der Waals surface area contributed by atoms with Crippen LogP contribution < -0.4 is 0 Å². The van der Waals surface area contributed by atoms with Gasteiger partial charge in [0.1, 0.15) is 0 Å². The largest absolute Gasteiger partial charge is 0.618 e. The number of rotatable bonds is 3. The van der Waals surface area contributed by atoms with Crippen molar-refractivity contribution in [2.24, 2.45) is 0 Å². The van der Waals surface area contributed by atoms with Crippen LogP contribution in [0, 0.1) is 5.21 Å². The lowest BCUT2D eigenvalue weighted by atomic mass is 10.0.